The maximum absolute atomic E-state index is 14.1. The van der Waals surface area contributed by atoms with Crippen LogP contribution in [0.15, 0.2) is 18.2 Å². The Balaban J connectivity index is 2.80. The molecule has 1 rings (SSSR count). The Morgan fingerprint density at radius 3 is 2.24 bits per heavy atom. The van der Waals surface area contributed by atoms with Crippen LogP contribution < -0.4 is 5.32 Å². The van der Waals surface area contributed by atoms with Gasteiger partial charge in [0.2, 0.25) is 0 Å². The van der Waals surface area contributed by atoms with Crippen LogP contribution in [0.2, 0.25) is 0 Å². The second kappa shape index (κ2) is 9.16. The summed E-state index contributed by atoms with van der Waals surface area (Å²) >= 11 is 0. The Morgan fingerprint density at radius 2 is 1.71 bits per heavy atom. The molecule has 0 amide bonds. The normalized spacial score (nSPS) is 11.9. The molecule has 1 aromatic carbocycles. The van der Waals surface area contributed by atoms with E-state index in [1.807, 2.05) is 12.1 Å². The summed E-state index contributed by atoms with van der Waals surface area (Å²) in [6.07, 6.45) is 0. The van der Waals surface area contributed by atoms with Crippen LogP contribution in [0.5, 0.6) is 0 Å². The van der Waals surface area contributed by atoms with Gasteiger partial charge in [-0.25, -0.2) is 4.39 Å². The summed E-state index contributed by atoms with van der Waals surface area (Å²) in [5.41, 5.74) is 1.97. The average Bonchev–Trinajstić information content (AvgIpc) is 2.38. The van der Waals surface area contributed by atoms with Gasteiger partial charge in [0.15, 0.2) is 0 Å². The average molecular weight is 294 g/mol. The Bertz CT molecular complexity index is 406. The fraction of sp³-hybridized carbons (Fsp3) is 0.667. The monoisotopic (exact) mass is 294 g/mol. The molecule has 120 valence electrons. The standard InChI is InChI=1S/C18H31FN2/c1-6-20-10-16-7-8-18(19)17(9-16)13-21(11-14(2)3)12-15(4)5/h7-9,14-15,20H,6,10-13H2,1-5H3. The molecule has 0 aliphatic rings. The molecule has 3 heteroatoms. The van der Waals surface area contributed by atoms with E-state index < -0.39 is 0 Å². The van der Waals surface area contributed by atoms with Crippen molar-refractivity contribution in [3.63, 3.8) is 0 Å². The van der Waals surface area contributed by atoms with E-state index in [4.69, 9.17) is 0 Å². The van der Waals surface area contributed by atoms with E-state index in [0.29, 0.717) is 18.4 Å². The van der Waals surface area contributed by atoms with Crippen molar-refractivity contribution in [2.24, 2.45) is 11.8 Å². The first kappa shape index (κ1) is 18.1. The Labute approximate surface area is 129 Å². The molecule has 0 unspecified atom stereocenters. The topological polar surface area (TPSA) is 15.3 Å². The zero-order valence-corrected chi connectivity index (χ0v) is 14.2. The first-order chi connectivity index (χ1) is 9.92. The van der Waals surface area contributed by atoms with Crippen LogP contribution in [0.4, 0.5) is 4.39 Å². The van der Waals surface area contributed by atoms with E-state index in [1.165, 1.54) is 0 Å². The maximum atomic E-state index is 14.1. The van der Waals surface area contributed by atoms with Gasteiger partial charge in [-0.3, -0.25) is 4.90 Å². The summed E-state index contributed by atoms with van der Waals surface area (Å²) < 4.78 is 14.1. The first-order valence-corrected chi connectivity index (χ1v) is 8.12. The third-order valence-corrected chi connectivity index (χ3v) is 3.33. The lowest BCUT2D eigenvalue weighted by Gasteiger charge is -2.26. The number of halogens is 1. The van der Waals surface area contributed by atoms with Gasteiger partial charge in [0, 0.05) is 31.7 Å². The van der Waals surface area contributed by atoms with Crippen molar-refractivity contribution in [1.82, 2.24) is 10.2 Å². The molecular formula is C18H31FN2. The highest BCUT2D eigenvalue weighted by atomic mass is 19.1. The van der Waals surface area contributed by atoms with Crippen molar-refractivity contribution in [3.8, 4) is 0 Å². The van der Waals surface area contributed by atoms with Crippen molar-refractivity contribution in [2.45, 2.75) is 47.7 Å². The second-order valence-corrected chi connectivity index (χ2v) is 6.69. The molecule has 21 heavy (non-hydrogen) atoms. The molecule has 0 spiro atoms. The lowest BCUT2D eigenvalue weighted by Crippen LogP contribution is -2.31. The molecule has 1 N–H and O–H groups in total. The summed E-state index contributed by atoms with van der Waals surface area (Å²) in [4.78, 5) is 2.37. The van der Waals surface area contributed by atoms with Gasteiger partial charge >= 0.3 is 0 Å². The third kappa shape index (κ3) is 7.05. The van der Waals surface area contributed by atoms with Gasteiger partial charge in [-0.15, -0.1) is 0 Å². The Morgan fingerprint density at radius 1 is 1.10 bits per heavy atom. The van der Waals surface area contributed by atoms with Crippen molar-refractivity contribution in [2.75, 3.05) is 19.6 Å². The zero-order valence-electron chi connectivity index (χ0n) is 14.2. The smallest absolute Gasteiger partial charge is 0.127 e. The Hall–Kier alpha value is -0.930. The molecule has 0 heterocycles. The summed E-state index contributed by atoms with van der Waals surface area (Å²) in [6.45, 7) is 15.4. The van der Waals surface area contributed by atoms with Gasteiger partial charge in [0.25, 0.3) is 0 Å². The van der Waals surface area contributed by atoms with Gasteiger partial charge < -0.3 is 5.32 Å². The van der Waals surface area contributed by atoms with Crippen LogP contribution in [-0.4, -0.2) is 24.5 Å². The molecule has 0 saturated carbocycles. The molecule has 0 aromatic heterocycles. The molecule has 1 aromatic rings. The minimum absolute atomic E-state index is 0.0900. The van der Waals surface area contributed by atoms with Crippen LogP contribution in [-0.2, 0) is 13.1 Å². The molecule has 0 aliphatic carbocycles. The minimum atomic E-state index is -0.0900. The SMILES string of the molecule is CCNCc1ccc(F)c(CN(CC(C)C)CC(C)C)c1. The molecule has 0 fully saturated rings. The predicted molar refractivity (Wildman–Crippen MR) is 88.7 cm³/mol. The second-order valence-electron chi connectivity index (χ2n) is 6.69. The van der Waals surface area contributed by atoms with Gasteiger partial charge in [0.1, 0.15) is 5.82 Å². The first-order valence-electron chi connectivity index (χ1n) is 8.12. The van der Waals surface area contributed by atoms with E-state index in [0.717, 1.165) is 37.3 Å². The van der Waals surface area contributed by atoms with Crippen molar-refractivity contribution < 1.29 is 4.39 Å². The highest BCUT2D eigenvalue weighted by Crippen LogP contribution is 2.15. The van der Waals surface area contributed by atoms with Gasteiger partial charge in [0.05, 0.1) is 0 Å². The van der Waals surface area contributed by atoms with Crippen LogP contribution in [0.25, 0.3) is 0 Å². The quantitative estimate of drug-likeness (QED) is 0.739. The van der Waals surface area contributed by atoms with Crippen molar-refractivity contribution in [3.05, 3.63) is 35.1 Å². The van der Waals surface area contributed by atoms with Crippen LogP contribution >= 0.6 is 0 Å². The highest BCUT2D eigenvalue weighted by Gasteiger charge is 2.13. The van der Waals surface area contributed by atoms with E-state index in [9.17, 15) is 4.39 Å². The number of hydrogen-bond acceptors (Lipinski definition) is 2. The van der Waals surface area contributed by atoms with Gasteiger partial charge in [-0.1, -0.05) is 46.8 Å². The fourth-order valence-electron chi connectivity index (χ4n) is 2.61. The molecule has 2 nitrogen and oxygen atoms in total. The summed E-state index contributed by atoms with van der Waals surface area (Å²) in [7, 11) is 0. The highest BCUT2D eigenvalue weighted by molar-refractivity contribution is 5.25. The minimum Gasteiger partial charge on any atom is -0.313 e. The Kier molecular flexibility index (Phi) is 7.91. The van der Waals surface area contributed by atoms with E-state index in [-0.39, 0.29) is 5.82 Å². The molecule has 0 aliphatic heterocycles. The maximum Gasteiger partial charge on any atom is 0.127 e. The molecular weight excluding hydrogens is 263 g/mol. The number of nitrogens with one attached hydrogen (secondary N) is 1. The summed E-state index contributed by atoms with van der Waals surface area (Å²) in [5.74, 6) is 1.10. The fourth-order valence-corrected chi connectivity index (χ4v) is 2.61. The van der Waals surface area contributed by atoms with Crippen LogP contribution in [0.1, 0.15) is 45.7 Å². The number of benzene rings is 1. The van der Waals surface area contributed by atoms with E-state index >= 15 is 0 Å². The van der Waals surface area contributed by atoms with Crippen molar-refractivity contribution >= 4 is 0 Å². The van der Waals surface area contributed by atoms with Crippen molar-refractivity contribution in [1.29, 1.82) is 0 Å². The van der Waals surface area contributed by atoms with Crippen LogP contribution in [0.3, 0.4) is 0 Å². The number of nitrogens with zero attached hydrogens (tertiary/aromatic N) is 1. The summed E-state index contributed by atoms with van der Waals surface area (Å²) in [5, 5.41) is 3.29. The lowest BCUT2D eigenvalue weighted by atomic mass is 10.1. The lowest BCUT2D eigenvalue weighted by molar-refractivity contribution is 0.209. The largest absolute Gasteiger partial charge is 0.313 e. The number of rotatable bonds is 9. The number of hydrogen-bond donors (Lipinski definition) is 1. The molecule has 0 atom stereocenters. The third-order valence-electron chi connectivity index (χ3n) is 3.33. The van der Waals surface area contributed by atoms with Gasteiger partial charge in [-0.05, 0) is 30.0 Å². The molecule has 0 radical (unpaired) electrons. The zero-order chi connectivity index (χ0) is 15.8. The predicted octanol–water partition coefficient (Wildman–Crippen LogP) is 4.05. The van der Waals surface area contributed by atoms with E-state index in [1.54, 1.807) is 6.07 Å². The molecule has 0 bridgehead atoms. The molecule has 0 saturated heterocycles. The van der Waals surface area contributed by atoms with Crippen LogP contribution in [0, 0.1) is 17.7 Å². The van der Waals surface area contributed by atoms with E-state index in [2.05, 4.69) is 44.8 Å². The van der Waals surface area contributed by atoms with Gasteiger partial charge in [-0.2, -0.15) is 0 Å². The summed E-state index contributed by atoms with van der Waals surface area (Å²) in [6, 6.07) is 5.48.